The van der Waals surface area contributed by atoms with E-state index in [1.165, 1.54) is 16.7 Å². The number of carbonyl (C=O) groups is 2. The van der Waals surface area contributed by atoms with Gasteiger partial charge < -0.3 is 14.2 Å². The minimum atomic E-state index is -0.390. The SMILES string of the molecule is CCOC(=O)c1ccc(N=C2S/C(=C\c3ccc(OCc4ccccc4C#N)c(OCC)c3)C(=O)N2C)cc1. The van der Waals surface area contributed by atoms with E-state index in [9.17, 15) is 14.9 Å². The molecule has 0 aliphatic carbocycles. The number of ether oxygens (including phenoxy) is 3. The zero-order valence-corrected chi connectivity index (χ0v) is 22.7. The number of carbonyl (C=O) groups excluding carboxylic acids is 2. The highest BCUT2D eigenvalue weighted by Crippen LogP contribution is 2.35. The molecule has 3 aromatic rings. The number of esters is 1. The maximum Gasteiger partial charge on any atom is 0.338 e. The Labute approximate surface area is 231 Å². The fourth-order valence-electron chi connectivity index (χ4n) is 3.71. The summed E-state index contributed by atoms with van der Waals surface area (Å²) in [7, 11) is 1.67. The summed E-state index contributed by atoms with van der Waals surface area (Å²) in [5.74, 6) is 0.524. The van der Waals surface area contributed by atoms with Crippen LogP contribution in [0.1, 0.15) is 40.9 Å². The molecule has 0 atom stereocenters. The number of amidine groups is 1. The monoisotopic (exact) mass is 541 g/mol. The number of aliphatic imine (C=N–C) groups is 1. The molecule has 0 radical (unpaired) electrons. The number of hydrogen-bond donors (Lipinski definition) is 0. The zero-order valence-electron chi connectivity index (χ0n) is 21.8. The predicted octanol–water partition coefficient (Wildman–Crippen LogP) is 5.95. The first kappa shape index (κ1) is 27.5. The van der Waals surface area contributed by atoms with Crippen LogP contribution in [-0.2, 0) is 16.1 Å². The highest BCUT2D eigenvalue weighted by molar-refractivity contribution is 8.18. The van der Waals surface area contributed by atoms with Crippen LogP contribution < -0.4 is 9.47 Å². The summed E-state index contributed by atoms with van der Waals surface area (Å²) in [4.78, 5) is 31.4. The van der Waals surface area contributed by atoms with Crippen LogP contribution in [0.25, 0.3) is 6.08 Å². The van der Waals surface area contributed by atoms with E-state index in [2.05, 4.69) is 11.1 Å². The van der Waals surface area contributed by atoms with Crippen molar-refractivity contribution < 1.29 is 23.8 Å². The van der Waals surface area contributed by atoms with Crippen LogP contribution in [0, 0.1) is 11.3 Å². The van der Waals surface area contributed by atoms with E-state index in [1.807, 2.05) is 37.3 Å². The predicted molar refractivity (Wildman–Crippen MR) is 151 cm³/mol. The van der Waals surface area contributed by atoms with Gasteiger partial charge in [-0.2, -0.15) is 5.26 Å². The van der Waals surface area contributed by atoms with E-state index in [-0.39, 0.29) is 18.5 Å². The van der Waals surface area contributed by atoms with Gasteiger partial charge in [0.2, 0.25) is 0 Å². The van der Waals surface area contributed by atoms with Crippen LogP contribution in [0.2, 0.25) is 0 Å². The first-order valence-corrected chi connectivity index (χ1v) is 13.2. The first-order valence-electron chi connectivity index (χ1n) is 12.3. The molecule has 0 spiro atoms. The van der Waals surface area contributed by atoms with Crippen LogP contribution in [0.3, 0.4) is 0 Å². The van der Waals surface area contributed by atoms with Crippen molar-refractivity contribution in [1.29, 1.82) is 5.26 Å². The molecule has 1 aliphatic heterocycles. The van der Waals surface area contributed by atoms with Crippen molar-refractivity contribution >= 4 is 40.6 Å². The summed E-state index contributed by atoms with van der Waals surface area (Å²) in [5.41, 5.74) is 3.17. The molecule has 1 heterocycles. The van der Waals surface area contributed by atoms with E-state index in [0.717, 1.165) is 11.1 Å². The average molecular weight is 542 g/mol. The summed E-state index contributed by atoms with van der Waals surface area (Å²) >= 11 is 1.26. The van der Waals surface area contributed by atoms with Gasteiger partial charge in [0.15, 0.2) is 16.7 Å². The average Bonchev–Trinajstić information content (AvgIpc) is 3.21. The fraction of sp³-hybridized carbons (Fsp3) is 0.200. The summed E-state index contributed by atoms with van der Waals surface area (Å²) in [5, 5.41) is 9.85. The standard InChI is InChI=1S/C30H27N3O5S/c1-4-36-26-16-20(10-15-25(26)38-19-23-9-7-6-8-22(23)18-31)17-27-28(34)33(3)30(39-27)32-24-13-11-21(12-14-24)29(35)37-5-2/h6-17H,4-5,19H2,1-3H3/b27-17-,32-30?. The highest BCUT2D eigenvalue weighted by Gasteiger charge is 2.30. The van der Waals surface area contributed by atoms with Gasteiger partial charge in [0.05, 0.1) is 41.0 Å². The highest BCUT2D eigenvalue weighted by atomic mass is 32.2. The second-order valence-corrected chi connectivity index (χ2v) is 9.34. The number of thioether (sulfide) groups is 1. The number of likely N-dealkylation sites (N-methyl/N-ethyl adjacent to an activating group) is 1. The normalized spacial score (nSPS) is 14.9. The third-order valence-electron chi connectivity index (χ3n) is 5.69. The Morgan fingerprint density at radius 1 is 1.03 bits per heavy atom. The van der Waals surface area contributed by atoms with Gasteiger partial charge in [-0.25, -0.2) is 9.79 Å². The molecule has 39 heavy (non-hydrogen) atoms. The lowest BCUT2D eigenvalue weighted by Gasteiger charge is -2.13. The minimum Gasteiger partial charge on any atom is -0.490 e. The van der Waals surface area contributed by atoms with Gasteiger partial charge in [-0.05, 0) is 79.7 Å². The van der Waals surface area contributed by atoms with E-state index >= 15 is 0 Å². The fourth-order valence-corrected chi connectivity index (χ4v) is 4.70. The van der Waals surface area contributed by atoms with Crippen LogP contribution in [-0.4, -0.2) is 42.2 Å². The molecule has 1 fully saturated rings. The molecule has 0 saturated carbocycles. The Morgan fingerprint density at radius 3 is 2.51 bits per heavy atom. The number of rotatable bonds is 9. The molecule has 0 bridgehead atoms. The molecule has 1 saturated heterocycles. The number of benzene rings is 3. The number of nitriles is 1. The summed E-state index contributed by atoms with van der Waals surface area (Å²) in [6, 6.07) is 21.6. The Bertz CT molecular complexity index is 1470. The molecule has 198 valence electrons. The summed E-state index contributed by atoms with van der Waals surface area (Å²) in [6.07, 6.45) is 1.78. The van der Waals surface area contributed by atoms with Crippen LogP contribution in [0.15, 0.2) is 76.6 Å². The van der Waals surface area contributed by atoms with Crippen LogP contribution in [0.4, 0.5) is 5.69 Å². The van der Waals surface area contributed by atoms with Crippen molar-refractivity contribution in [2.45, 2.75) is 20.5 Å². The van der Waals surface area contributed by atoms with Gasteiger partial charge in [0, 0.05) is 12.6 Å². The van der Waals surface area contributed by atoms with Gasteiger partial charge in [0.1, 0.15) is 6.61 Å². The lowest BCUT2D eigenvalue weighted by atomic mass is 10.1. The van der Waals surface area contributed by atoms with Crippen LogP contribution >= 0.6 is 11.8 Å². The Hall–Kier alpha value is -4.55. The van der Waals surface area contributed by atoms with E-state index in [0.29, 0.717) is 51.6 Å². The number of hydrogen-bond acceptors (Lipinski definition) is 8. The first-order chi connectivity index (χ1) is 18.9. The van der Waals surface area contributed by atoms with Crippen molar-refractivity contribution in [3.8, 4) is 17.6 Å². The second kappa shape index (κ2) is 12.8. The Balaban J connectivity index is 1.51. The van der Waals surface area contributed by atoms with E-state index in [1.54, 1.807) is 56.4 Å². The summed E-state index contributed by atoms with van der Waals surface area (Å²) in [6.45, 7) is 4.61. The largest absolute Gasteiger partial charge is 0.490 e. The molecule has 3 aromatic carbocycles. The number of amides is 1. The molecule has 0 N–H and O–H groups in total. The molecule has 4 rings (SSSR count). The summed E-state index contributed by atoms with van der Waals surface area (Å²) < 4.78 is 16.8. The van der Waals surface area contributed by atoms with Crippen molar-refractivity contribution in [1.82, 2.24) is 4.90 Å². The smallest absolute Gasteiger partial charge is 0.338 e. The van der Waals surface area contributed by atoms with Gasteiger partial charge in [0.25, 0.3) is 5.91 Å². The van der Waals surface area contributed by atoms with Crippen molar-refractivity contribution in [2.75, 3.05) is 20.3 Å². The Morgan fingerprint density at radius 2 is 1.79 bits per heavy atom. The van der Waals surface area contributed by atoms with E-state index < -0.39 is 0 Å². The van der Waals surface area contributed by atoms with E-state index in [4.69, 9.17) is 14.2 Å². The third kappa shape index (κ3) is 6.67. The van der Waals surface area contributed by atoms with Gasteiger partial charge in [-0.1, -0.05) is 24.3 Å². The molecule has 8 nitrogen and oxygen atoms in total. The Kier molecular flexibility index (Phi) is 9.02. The second-order valence-electron chi connectivity index (χ2n) is 8.33. The molecule has 1 aliphatic rings. The third-order valence-corrected chi connectivity index (χ3v) is 6.75. The van der Waals surface area contributed by atoms with Crippen molar-refractivity contribution in [2.24, 2.45) is 4.99 Å². The molecular weight excluding hydrogens is 514 g/mol. The number of nitrogens with zero attached hydrogens (tertiary/aromatic N) is 3. The lowest BCUT2D eigenvalue weighted by Crippen LogP contribution is -2.23. The molecule has 9 heteroatoms. The van der Waals surface area contributed by atoms with Gasteiger partial charge in [-0.3, -0.25) is 9.69 Å². The van der Waals surface area contributed by atoms with Gasteiger partial charge >= 0.3 is 5.97 Å². The van der Waals surface area contributed by atoms with Gasteiger partial charge in [-0.15, -0.1) is 0 Å². The molecule has 0 unspecified atom stereocenters. The van der Waals surface area contributed by atoms with Crippen LogP contribution in [0.5, 0.6) is 11.5 Å². The molecule has 0 aromatic heterocycles. The molecular formula is C30H27N3O5S. The zero-order chi connectivity index (χ0) is 27.8. The topological polar surface area (TPSA) is 101 Å². The lowest BCUT2D eigenvalue weighted by molar-refractivity contribution is -0.121. The van der Waals surface area contributed by atoms with Crippen molar-refractivity contribution in [3.05, 3.63) is 93.9 Å². The van der Waals surface area contributed by atoms with Crippen molar-refractivity contribution in [3.63, 3.8) is 0 Å². The minimum absolute atomic E-state index is 0.173. The quantitative estimate of drug-likeness (QED) is 0.244. The maximum atomic E-state index is 12.9. The maximum absolute atomic E-state index is 12.9. The molecule has 1 amide bonds.